The Morgan fingerprint density at radius 3 is 2.38 bits per heavy atom. The Balaban J connectivity index is 2.93. The van der Waals surface area contributed by atoms with Gasteiger partial charge in [-0.25, -0.2) is 4.79 Å². The van der Waals surface area contributed by atoms with E-state index in [0.29, 0.717) is 12.5 Å². The van der Waals surface area contributed by atoms with Crippen molar-refractivity contribution >= 4 is 5.97 Å². The fraction of sp³-hybridized carbons (Fsp3) is 0.462. The fourth-order valence-electron chi connectivity index (χ4n) is 1.48. The number of carbonyl (C=O) groups is 1. The van der Waals surface area contributed by atoms with Crippen molar-refractivity contribution in [1.29, 1.82) is 0 Å². The molecule has 0 aliphatic rings. The number of carboxylic acid groups (broad SMARTS) is 1. The second kappa shape index (κ2) is 5.12. The highest BCUT2D eigenvalue weighted by molar-refractivity contribution is 5.80. The highest BCUT2D eigenvalue weighted by Gasteiger charge is 2.34. The number of rotatable bonds is 5. The second-order valence-corrected chi connectivity index (χ2v) is 4.57. The molecule has 0 saturated heterocycles. The van der Waals surface area contributed by atoms with E-state index in [1.54, 1.807) is 6.92 Å². The molecule has 0 aliphatic carbocycles. The van der Waals surface area contributed by atoms with E-state index < -0.39 is 11.5 Å². The van der Waals surface area contributed by atoms with Crippen LogP contribution in [0.3, 0.4) is 0 Å². The minimum atomic E-state index is -1.01. The van der Waals surface area contributed by atoms with Gasteiger partial charge in [-0.1, -0.05) is 44.2 Å². The molecular formula is C13H19NO2. The predicted molar refractivity (Wildman–Crippen MR) is 64.3 cm³/mol. The summed E-state index contributed by atoms with van der Waals surface area (Å²) in [6.45, 7) is 6.49. The van der Waals surface area contributed by atoms with Crippen LogP contribution in [0.4, 0.5) is 0 Å². The zero-order valence-electron chi connectivity index (χ0n) is 10.0. The normalized spacial score (nSPS) is 14.8. The Morgan fingerprint density at radius 1 is 1.38 bits per heavy atom. The molecule has 0 aromatic heterocycles. The first kappa shape index (κ1) is 12.7. The molecule has 0 aliphatic heterocycles. The molecule has 0 amide bonds. The van der Waals surface area contributed by atoms with E-state index in [2.05, 4.69) is 19.2 Å². The summed E-state index contributed by atoms with van der Waals surface area (Å²) in [6.07, 6.45) is 0. The highest BCUT2D eigenvalue weighted by atomic mass is 16.4. The first-order valence-corrected chi connectivity index (χ1v) is 5.50. The lowest BCUT2D eigenvalue weighted by molar-refractivity contribution is -0.144. The molecule has 1 unspecified atom stereocenters. The van der Waals surface area contributed by atoms with Crippen LogP contribution in [0, 0.1) is 5.92 Å². The molecule has 88 valence electrons. The van der Waals surface area contributed by atoms with Crippen LogP contribution in [0.15, 0.2) is 30.3 Å². The van der Waals surface area contributed by atoms with Crippen LogP contribution in [-0.2, 0) is 10.3 Å². The van der Waals surface area contributed by atoms with Gasteiger partial charge in [0, 0.05) is 0 Å². The summed E-state index contributed by atoms with van der Waals surface area (Å²) >= 11 is 0. The zero-order valence-corrected chi connectivity index (χ0v) is 10.0. The van der Waals surface area contributed by atoms with Crippen molar-refractivity contribution < 1.29 is 9.90 Å². The molecule has 3 heteroatoms. The van der Waals surface area contributed by atoms with Crippen molar-refractivity contribution in [2.75, 3.05) is 6.54 Å². The summed E-state index contributed by atoms with van der Waals surface area (Å²) in [5.41, 5.74) is -0.228. The number of aliphatic carboxylic acids is 1. The van der Waals surface area contributed by atoms with Gasteiger partial charge in [0.15, 0.2) is 0 Å². The van der Waals surface area contributed by atoms with Crippen LogP contribution in [0.5, 0.6) is 0 Å². The summed E-state index contributed by atoms with van der Waals surface area (Å²) < 4.78 is 0. The van der Waals surface area contributed by atoms with Crippen molar-refractivity contribution in [1.82, 2.24) is 5.32 Å². The van der Waals surface area contributed by atoms with Gasteiger partial charge in [-0.15, -0.1) is 0 Å². The summed E-state index contributed by atoms with van der Waals surface area (Å²) in [5.74, 6) is -0.429. The van der Waals surface area contributed by atoms with Crippen LogP contribution in [-0.4, -0.2) is 17.6 Å². The summed E-state index contributed by atoms with van der Waals surface area (Å²) in [6, 6.07) is 9.26. The van der Waals surface area contributed by atoms with Gasteiger partial charge in [0.2, 0.25) is 0 Å². The third-order valence-electron chi connectivity index (χ3n) is 2.64. The van der Waals surface area contributed by atoms with Gasteiger partial charge in [0.1, 0.15) is 5.54 Å². The standard InChI is InChI=1S/C13H19NO2/c1-10(2)9-14-13(3,12(15)16)11-7-5-4-6-8-11/h4-8,10,14H,9H2,1-3H3,(H,15,16). The van der Waals surface area contributed by atoms with E-state index in [9.17, 15) is 9.90 Å². The van der Waals surface area contributed by atoms with Crippen molar-refractivity contribution in [2.24, 2.45) is 5.92 Å². The predicted octanol–water partition coefficient (Wildman–Crippen LogP) is 2.23. The number of hydrogen-bond donors (Lipinski definition) is 2. The molecule has 1 aromatic rings. The first-order valence-electron chi connectivity index (χ1n) is 5.50. The molecule has 2 N–H and O–H groups in total. The number of nitrogens with one attached hydrogen (secondary N) is 1. The molecule has 16 heavy (non-hydrogen) atoms. The molecule has 0 radical (unpaired) electrons. The molecule has 0 fully saturated rings. The van der Waals surface area contributed by atoms with Gasteiger partial charge in [-0.2, -0.15) is 0 Å². The lowest BCUT2D eigenvalue weighted by Gasteiger charge is -2.27. The van der Waals surface area contributed by atoms with E-state index in [1.807, 2.05) is 30.3 Å². The molecule has 0 spiro atoms. The minimum absolute atomic E-state index is 0.419. The Labute approximate surface area is 96.5 Å². The third-order valence-corrected chi connectivity index (χ3v) is 2.64. The SMILES string of the molecule is CC(C)CNC(C)(C(=O)O)c1ccccc1. The van der Waals surface area contributed by atoms with Crippen molar-refractivity contribution in [3.8, 4) is 0 Å². The third kappa shape index (κ3) is 2.83. The largest absolute Gasteiger partial charge is 0.480 e. The van der Waals surface area contributed by atoms with Crippen LogP contribution < -0.4 is 5.32 Å². The minimum Gasteiger partial charge on any atom is -0.480 e. The number of carboxylic acids is 1. The molecule has 0 bridgehead atoms. The van der Waals surface area contributed by atoms with Gasteiger partial charge < -0.3 is 5.11 Å². The molecule has 0 saturated carbocycles. The second-order valence-electron chi connectivity index (χ2n) is 4.57. The smallest absolute Gasteiger partial charge is 0.328 e. The van der Waals surface area contributed by atoms with Crippen LogP contribution >= 0.6 is 0 Å². The molecular weight excluding hydrogens is 202 g/mol. The number of hydrogen-bond acceptors (Lipinski definition) is 2. The van der Waals surface area contributed by atoms with E-state index in [1.165, 1.54) is 0 Å². The quantitative estimate of drug-likeness (QED) is 0.801. The van der Waals surface area contributed by atoms with Crippen LogP contribution in [0.25, 0.3) is 0 Å². The van der Waals surface area contributed by atoms with E-state index in [-0.39, 0.29) is 0 Å². The lowest BCUT2D eigenvalue weighted by atomic mass is 9.91. The van der Waals surface area contributed by atoms with Gasteiger partial charge in [0.05, 0.1) is 0 Å². The maximum Gasteiger partial charge on any atom is 0.328 e. The summed E-state index contributed by atoms with van der Waals surface area (Å²) in [4.78, 5) is 11.4. The highest BCUT2D eigenvalue weighted by Crippen LogP contribution is 2.21. The van der Waals surface area contributed by atoms with Crippen LogP contribution in [0.1, 0.15) is 26.3 Å². The van der Waals surface area contributed by atoms with E-state index in [4.69, 9.17) is 0 Å². The Hall–Kier alpha value is -1.35. The Morgan fingerprint density at radius 2 is 1.94 bits per heavy atom. The van der Waals surface area contributed by atoms with Gasteiger partial charge in [0.25, 0.3) is 0 Å². The molecule has 1 atom stereocenters. The van der Waals surface area contributed by atoms with Crippen molar-refractivity contribution in [2.45, 2.75) is 26.3 Å². The van der Waals surface area contributed by atoms with E-state index in [0.717, 1.165) is 5.56 Å². The van der Waals surface area contributed by atoms with Crippen molar-refractivity contribution in [3.05, 3.63) is 35.9 Å². The zero-order chi connectivity index (χ0) is 12.2. The number of benzene rings is 1. The molecule has 3 nitrogen and oxygen atoms in total. The fourth-order valence-corrected chi connectivity index (χ4v) is 1.48. The summed E-state index contributed by atoms with van der Waals surface area (Å²) in [7, 11) is 0. The average molecular weight is 221 g/mol. The lowest BCUT2D eigenvalue weighted by Crippen LogP contribution is -2.47. The van der Waals surface area contributed by atoms with Crippen LogP contribution in [0.2, 0.25) is 0 Å². The maximum absolute atomic E-state index is 11.4. The maximum atomic E-state index is 11.4. The monoisotopic (exact) mass is 221 g/mol. The molecule has 1 rings (SSSR count). The van der Waals surface area contributed by atoms with E-state index >= 15 is 0 Å². The van der Waals surface area contributed by atoms with Gasteiger partial charge >= 0.3 is 5.97 Å². The van der Waals surface area contributed by atoms with Gasteiger partial charge in [-0.05, 0) is 24.9 Å². The first-order chi connectivity index (χ1) is 7.47. The topological polar surface area (TPSA) is 49.3 Å². The molecule has 1 aromatic carbocycles. The van der Waals surface area contributed by atoms with Gasteiger partial charge in [-0.3, -0.25) is 5.32 Å². The Kier molecular flexibility index (Phi) is 4.07. The molecule has 0 heterocycles. The summed E-state index contributed by atoms with van der Waals surface area (Å²) in [5, 5.41) is 12.4. The van der Waals surface area contributed by atoms with Crippen molar-refractivity contribution in [3.63, 3.8) is 0 Å². The average Bonchev–Trinajstić information content (AvgIpc) is 2.26. The Bertz CT molecular complexity index is 348.